The van der Waals surface area contributed by atoms with E-state index in [1.54, 1.807) is 11.0 Å². The van der Waals surface area contributed by atoms with Gasteiger partial charge in [-0.2, -0.15) is 13.2 Å². The standard InChI is InChI=1S/C20H20F4N4O2/c21-15-9-12(1-4-16(15)25)10-26-18(30)6-3-13-2-5-17(20(22,23)24)27-19(13)28-8-7-14(29)11-28/h1-6,9,14,29H,7-8,10-11,25H2,(H,26,30)/b6-3+. The molecular weight excluding hydrogens is 404 g/mol. The van der Waals surface area contributed by atoms with Crippen LogP contribution < -0.4 is 16.0 Å². The van der Waals surface area contributed by atoms with E-state index in [0.29, 0.717) is 24.1 Å². The van der Waals surface area contributed by atoms with Crippen molar-refractivity contribution < 1.29 is 27.5 Å². The molecule has 30 heavy (non-hydrogen) atoms. The van der Waals surface area contributed by atoms with Crippen molar-refractivity contribution in [3.8, 4) is 0 Å². The number of hydrogen-bond donors (Lipinski definition) is 3. The van der Waals surface area contributed by atoms with Crippen LogP contribution in [0.5, 0.6) is 0 Å². The molecule has 1 aromatic heterocycles. The lowest BCUT2D eigenvalue weighted by Crippen LogP contribution is -2.24. The minimum atomic E-state index is -4.61. The van der Waals surface area contributed by atoms with Gasteiger partial charge in [0.2, 0.25) is 5.91 Å². The Morgan fingerprint density at radius 1 is 1.33 bits per heavy atom. The number of nitrogens with one attached hydrogen (secondary N) is 1. The van der Waals surface area contributed by atoms with Gasteiger partial charge in [-0.05, 0) is 42.3 Å². The second-order valence-electron chi connectivity index (χ2n) is 6.90. The molecule has 160 valence electrons. The first-order chi connectivity index (χ1) is 14.1. The number of carbonyl (C=O) groups is 1. The Bertz CT molecular complexity index is 962. The summed E-state index contributed by atoms with van der Waals surface area (Å²) in [6, 6.07) is 6.23. The van der Waals surface area contributed by atoms with E-state index < -0.39 is 29.7 Å². The predicted molar refractivity (Wildman–Crippen MR) is 104 cm³/mol. The summed E-state index contributed by atoms with van der Waals surface area (Å²) in [5.41, 5.74) is 5.17. The number of amides is 1. The topological polar surface area (TPSA) is 91.5 Å². The highest BCUT2D eigenvalue weighted by Crippen LogP contribution is 2.32. The van der Waals surface area contributed by atoms with Crippen molar-refractivity contribution >= 4 is 23.5 Å². The molecule has 1 aliphatic heterocycles. The molecule has 1 unspecified atom stereocenters. The zero-order chi connectivity index (χ0) is 21.9. The number of hydrogen-bond acceptors (Lipinski definition) is 5. The predicted octanol–water partition coefficient (Wildman–Crippen LogP) is 2.72. The van der Waals surface area contributed by atoms with E-state index in [0.717, 1.165) is 12.1 Å². The Hall–Kier alpha value is -3.14. The third-order valence-electron chi connectivity index (χ3n) is 4.60. The maximum atomic E-state index is 13.4. The number of nitrogens with two attached hydrogens (primary N) is 1. The van der Waals surface area contributed by atoms with E-state index in [1.165, 1.54) is 24.3 Å². The molecule has 0 radical (unpaired) electrons. The lowest BCUT2D eigenvalue weighted by atomic mass is 10.2. The SMILES string of the molecule is Nc1ccc(CNC(=O)/C=C/c2ccc(C(F)(F)F)nc2N2CCC(O)C2)cc1F. The minimum Gasteiger partial charge on any atom is -0.396 e. The number of carbonyl (C=O) groups excluding carboxylic acids is 1. The lowest BCUT2D eigenvalue weighted by molar-refractivity contribution is -0.141. The number of halogens is 4. The van der Waals surface area contributed by atoms with Gasteiger partial charge < -0.3 is 21.1 Å². The van der Waals surface area contributed by atoms with E-state index >= 15 is 0 Å². The minimum absolute atomic E-state index is 0.000614. The third-order valence-corrected chi connectivity index (χ3v) is 4.60. The van der Waals surface area contributed by atoms with E-state index in [2.05, 4.69) is 10.3 Å². The quantitative estimate of drug-likeness (QED) is 0.390. The molecule has 0 spiro atoms. The molecule has 1 aromatic carbocycles. The third kappa shape index (κ3) is 5.26. The van der Waals surface area contributed by atoms with Gasteiger partial charge in [0.1, 0.15) is 17.3 Å². The molecule has 0 saturated carbocycles. The van der Waals surface area contributed by atoms with Gasteiger partial charge in [-0.25, -0.2) is 9.37 Å². The van der Waals surface area contributed by atoms with Gasteiger partial charge in [0.15, 0.2) is 0 Å². The molecule has 1 fully saturated rings. The number of aromatic nitrogens is 1. The van der Waals surface area contributed by atoms with Crippen LogP contribution in [0.15, 0.2) is 36.4 Å². The average molecular weight is 424 g/mol. The van der Waals surface area contributed by atoms with Crippen molar-refractivity contribution in [3.05, 3.63) is 59.0 Å². The number of rotatable bonds is 5. The van der Waals surface area contributed by atoms with Crippen LogP contribution in [0.3, 0.4) is 0 Å². The van der Waals surface area contributed by atoms with Crippen molar-refractivity contribution in [2.45, 2.75) is 25.2 Å². The number of aliphatic hydroxyl groups is 1. The maximum absolute atomic E-state index is 13.4. The summed E-state index contributed by atoms with van der Waals surface area (Å²) in [6.07, 6.45) is -2.33. The number of aliphatic hydroxyl groups excluding tert-OH is 1. The molecule has 1 aliphatic rings. The fourth-order valence-electron chi connectivity index (χ4n) is 3.03. The molecule has 1 saturated heterocycles. The highest BCUT2D eigenvalue weighted by molar-refractivity contribution is 5.92. The van der Waals surface area contributed by atoms with Crippen molar-refractivity contribution in [2.75, 3.05) is 23.7 Å². The molecule has 6 nitrogen and oxygen atoms in total. The Morgan fingerprint density at radius 3 is 2.73 bits per heavy atom. The van der Waals surface area contributed by atoms with Gasteiger partial charge in [-0.3, -0.25) is 4.79 Å². The summed E-state index contributed by atoms with van der Waals surface area (Å²) in [7, 11) is 0. The Balaban J connectivity index is 1.74. The normalized spacial score (nSPS) is 17.0. The van der Waals surface area contributed by atoms with Crippen LogP contribution in [0.25, 0.3) is 6.08 Å². The van der Waals surface area contributed by atoms with Crippen LogP contribution in [-0.2, 0) is 17.5 Å². The summed E-state index contributed by atoms with van der Waals surface area (Å²) in [5.74, 6) is -1.06. The van der Waals surface area contributed by atoms with Crippen LogP contribution in [0, 0.1) is 5.82 Å². The number of nitrogen functional groups attached to an aromatic ring is 1. The summed E-state index contributed by atoms with van der Waals surface area (Å²) in [6.45, 7) is 0.562. The molecule has 10 heteroatoms. The molecule has 3 rings (SSSR count). The van der Waals surface area contributed by atoms with Crippen LogP contribution in [0.4, 0.5) is 29.1 Å². The second-order valence-corrected chi connectivity index (χ2v) is 6.90. The summed E-state index contributed by atoms with van der Waals surface area (Å²) < 4.78 is 52.6. The molecule has 0 bridgehead atoms. The maximum Gasteiger partial charge on any atom is 0.433 e. The fourth-order valence-corrected chi connectivity index (χ4v) is 3.03. The molecular formula is C20H20F4N4O2. The van der Waals surface area contributed by atoms with Crippen LogP contribution in [0.2, 0.25) is 0 Å². The smallest absolute Gasteiger partial charge is 0.396 e. The molecule has 1 amide bonds. The fraction of sp³-hybridized carbons (Fsp3) is 0.300. The van der Waals surface area contributed by atoms with Crippen LogP contribution >= 0.6 is 0 Å². The zero-order valence-electron chi connectivity index (χ0n) is 15.8. The van der Waals surface area contributed by atoms with E-state index in [4.69, 9.17) is 5.73 Å². The van der Waals surface area contributed by atoms with E-state index in [9.17, 15) is 27.5 Å². The largest absolute Gasteiger partial charge is 0.433 e. The van der Waals surface area contributed by atoms with Crippen molar-refractivity contribution in [3.63, 3.8) is 0 Å². The molecule has 2 aromatic rings. The van der Waals surface area contributed by atoms with Gasteiger partial charge in [0.25, 0.3) is 0 Å². The van der Waals surface area contributed by atoms with Gasteiger partial charge in [-0.15, -0.1) is 0 Å². The van der Waals surface area contributed by atoms with Gasteiger partial charge in [0, 0.05) is 31.3 Å². The number of anilines is 2. The number of β-amino-alcohol motifs (C(OH)–C–C–N with tert-alkyl or cyclic N) is 1. The summed E-state index contributed by atoms with van der Waals surface area (Å²) in [5, 5.41) is 12.3. The van der Waals surface area contributed by atoms with Gasteiger partial charge >= 0.3 is 6.18 Å². The Morgan fingerprint density at radius 2 is 2.10 bits per heavy atom. The van der Waals surface area contributed by atoms with Gasteiger partial charge in [0.05, 0.1) is 11.8 Å². The number of benzene rings is 1. The molecule has 0 aliphatic carbocycles. The van der Waals surface area contributed by atoms with Crippen molar-refractivity contribution in [2.24, 2.45) is 0 Å². The monoisotopic (exact) mass is 424 g/mol. The number of nitrogens with zero attached hydrogens (tertiary/aromatic N) is 2. The average Bonchev–Trinajstić information content (AvgIpc) is 3.12. The highest BCUT2D eigenvalue weighted by atomic mass is 19.4. The van der Waals surface area contributed by atoms with Crippen LogP contribution in [0.1, 0.15) is 23.2 Å². The van der Waals surface area contributed by atoms with Crippen LogP contribution in [-0.4, -0.2) is 35.2 Å². The number of pyridine rings is 1. The van der Waals surface area contributed by atoms with Gasteiger partial charge in [-0.1, -0.05) is 6.07 Å². The first-order valence-corrected chi connectivity index (χ1v) is 9.14. The Labute approximate surface area is 170 Å². The lowest BCUT2D eigenvalue weighted by Gasteiger charge is -2.20. The summed E-state index contributed by atoms with van der Waals surface area (Å²) in [4.78, 5) is 17.3. The number of alkyl halides is 3. The van der Waals surface area contributed by atoms with E-state index in [1.807, 2.05) is 0 Å². The summed E-state index contributed by atoms with van der Waals surface area (Å²) >= 11 is 0. The molecule has 4 N–H and O–H groups in total. The zero-order valence-corrected chi connectivity index (χ0v) is 15.8. The van der Waals surface area contributed by atoms with Crippen molar-refractivity contribution in [1.29, 1.82) is 0 Å². The molecule has 2 heterocycles. The first kappa shape index (κ1) is 21.6. The highest BCUT2D eigenvalue weighted by Gasteiger charge is 2.34. The van der Waals surface area contributed by atoms with E-state index in [-0.39, 0.29) is 24.6 Å². The molecule has 1 atom stereocenters. The second kappa shape index (κ2) is 8.70. The first-order valence-electron chi connectivity index (χ1n) is 9.14. The Kier molecular flexibility index (Phi) is 6.25. The van der Waals surface area contributed by atoms with Crippen molar-refractivity contribution in [1.82, 2.24) is 10.3 Å².